The van der Waals surface area contributed by atoms with E-state index in [1.807, 2.05) is 0 Å². The molecule has 1 radical (unpaired) electrons. The van der Waals surface area contributed by atoms with Crippen molar-refractivity contribution in [2.24, 2.45) is 17.7 Å². The topological polar surface area (TPSA) is 0 Å². The molecule has 4 saturated carbocycles. The molecule has 0 amide bonds. The van der Waals surface area contributed by atoms with Crippen molar-refractivity contribution in [1.82, 2.24) is 0 Å². The molecule has 0 spiro atoms. The molecule has 0 aromatic carbocycles. The molecule has 0 aromatic rings. The third-order valence-electron chi connectivity index (χ3n) is 3.16. The van der Waals surface area contributed by atoms with Gasteiger partial charge in [0.2, 0.25) is 0 Å². The van der Waals surface area contributed by atoms with Crippen LogP contribution in [-0.2, 0) is 0 Å². The van der Waals surface area contributed by atoms with Crippen molar-refractivity contribution in [3.05, 3.63) is 5.92 Å². The molecule has 0 aliphatic heterocycles. The van der Waals surface area contributed by atoms with E-state index in [0.717, 1.165) is 31.6 Å². The van der Waals surface area contributed by atoms with E-state index in [4.69, 9.17) is 4.11 Å². The van der Waals surface area contributed by atoms with Crippen LogP contribution in [0.2, 0.25) is 0 Å². The lowest BCUT2D eigenvalue weighted by molar-refractivity contribution is 0.0920. The van der Waals surface area contributed by atoms with E-state index in [9.17, 15) is 0 Å². The fourth-order valence-corrected chi connectivity index (χ4v) is 2.96. The van der Waals surface area contributed by atoms with E-state index >= 15 is 0 Å². The minimum Gasteiger partial charge on any atom is -0.0475 e. The highest BCUT2D eigenvalue weighted by molar-refractivity contribution is 5.08. The van der Waals surface area contributed by atoms with Crippen LogP contribution in [0.15, 0.2) is 0 Å². The van der Waals surface area contributed by atoms with Crippen LogP contribution in [0.3, 0.4) is 0 Å². The van der Waals surface area contributed by atoms with Crippen molar-refractivity contribution in [2.75, 3.05) is 0 Å². The van der Waals surface area contributed by atoms with E-state index in [-0.39, 0.29) is 0 Å². The van der Waals surface area contributed by atoms with Gasteiger partial charge in [0.1, 0.15) is 0 Å². The molecule has 2 unspecified atom stereocenters. The number of rotatable bonds is 0. The normalized spacial score (nSPS) is 69.0. The van der Waals surface area contributed by atoms with Gasteiger partial charge in [-0.2, -0.15) is 0 Å². The highest BCUT2D eigenvalue weighted by atomic mass is 14.5. The Labute approximate surface area is 67.2 Å². The molecular weight excluding hydrogens is 120 g/mol. The van der Waals surface area contributed by atoms with Crippen LogP contribution in [-0.4, -0.2) is 0 Å². The van der Waals surface area contributed by atoms with E-state index in [0.29, 0.717) is 11.8 Å². The zero-order valence-electron chi connectivity index (χ0n) is 9.19. The van der Waals surface area contributed by atoms with Gasteiger partial charge in [0.15, 0.2) is 0 Å². The molecule has 0 saturated heterocycles. The van der Waals surface area contributed by atoms with Gasteiger partial charge in [0, 0.05) is 4.11 Å². The van der Waals surface area contributed by atoms with E-state index in [2.05, 4.69) is 0 Å². The van der Waals surface area contributed by atoms with Crippen LogP contribution >= 0.6 is 0 Å². The Kier molecular flexibility index (Phi) is 0.640. The summed E-state index contributed by atoms with van der Waals surface area (Å²) in [5.74, 6) is 1.58. The number of hydrogen-bond acceptors (Lipinski definition) is 0. The van der Waals surface area contributed by atoms with Gasteiger partial charge in [-0.15, -0.1) is 0 Å². The molecule has 0 N–H and O–H groups in total. The molecule has 55 valence electrons. The summed E-state index contributed by atoms with van der Waals surface area (Å²) in [6.07, 6.45) is 3.55. The van der Waals surface area contributed by atoms with Crippen molar-refractivity contribution >= 4 is 0 Å². The van der Waals surface area contributed by atoms with Crippen molar-refractivity contribution in [1.29, 1.82) is 0 Å². The predicted molar refractivity (Wildman–Crippen MR) is 41.4 cm³/mol. The largest absolute Gasteiger partial charge is 0.0475 e. The highest BCUT2D eigenvalue weighted by Crippen LogP contribution is 2.54. The highest BCUT2D eigenvalue weighted by Gasteiger charge is 2.41. The van der Waals surface area contributed by atoms with Crippen molar-refractivity contribution < 1.29 is 4.11 Å². The minimum absolute atomic E-state index is 0.642. The number of hydrogen-bond donors (Lipinski definition) is 0. The van der Waals surface area contributed by atoms with Gasteiger partial charge < -0.3 is 0 Å². The summed E-state index contributed by atoms with van der Waals surface area (Å²) in [6, 6.07) is 0. The summed E-state index contributed by atoms with van der Waals surface area (Å²) in [5, 5.41) is 0. The van der Waals surface area contributed by atoms with Crippen LogP contribution in [0.25, 0.3) is 0 Å². The fourth-order valence-electron chi connectivity index (χ4n) is 2.96. The molecule has 4 fully saturated rings. The standard InChI is InChI=1S/C10H15/c1-7-2-9-4-8(1)5-10(3-7)6-9/h7-9H,1-6H2/i3T2,7T. The maximum atomic E-state index is 8.22. The third kappa shape index (κ3) is 0.681. The summed E-state index contributed by atoms with van der Waals surface area (Å²) in [4.78, 5) is 0. The Morgan fingerprint density at radius 1 is 1.20 bits per heavy atom. The molecule has 0 nitrogen and oxygen atoms in total. The first-order valence-electron chi connectivity index (χ1n) is 5.86. The molecule has 4 aliphatic carbocycles. The van der Waals surface area contributed by atoms with Gasteiger partial charge >= 0.3 is 0 Å². The lowest BCUT2D eigenvalue weighted by Gasteiger charge is -2.49. The monoisotopic (exact) mass is 141 g/mol. The van der Waals surface area contributed by atoms with Gasteiger partial charge in [-0.05, 0) is 62.1 Å². The average molecular weight is 141 g/mol. The van der Waals surface area contributed by atoms with Gasteiger partial charge in [0.05, 0.1) is 0 Å². The Balaban J connectivity index is 2.03. The van der Waals surface area contributed by atoms with Crippen LogP contribution in [0.4, 0.5) is 0 Å². The molecule has 4 rings (SSSR count). The third-order valence-corrected chi connectivity index (χ3v) is 3.16. The summed E-state index contributed by atoms with van der Waals surface area (Å²) >= 11 is 0. The smallest absolute Gasteiger partial charge is 0.0303 e. The molecule has 2 atom stereocenters. The molecule has 10 heavy (non-hydrogen) atoms. The second-order valence-electron chi connectivity index (χ2n) is 4.12. The van der Waals surface area contributed by atoms with Gasteiger partial charge in [-0.3, -0.25) is 0 Å². The summed E-state index contributed by atoms with van der Waals surface area (Å²) in [5.41, 5.74) is 0. The van der Waals surface area contributed by atoms with Crippen LogP contribution in [0, 0.1) is 23.6 Å². The molecule has 4 bridgehead atoms. The van der Waals surface area contributed by atoms with E-state index in [1.165, 1.54) is 6.42 Å². The second kappa shape index (κ2) is 1.78. The first-order valence-corrected chi connectivity index (χ1v) is 4.36. The Hall–Kier alpha value is 0. The molecule has 0 aromatic heterocycles. The second-order valence-corrected chi connectivity index (χ2v) is 4.12. The van der Waals surface area contributed by atoms with E-state index < -0.39 is 12.3 Å². The first-order chi connectivity index (χ1) is 6.01. The fraction of sp³-hybridized carbons (Fsp3) is 0.900. The summed E-state index contributed by atoms with van der Waals surface area (Å²) < 4.78 is 24.2. The first kappa shape index (κ1) is 3.60. The predicted octanol–water partition coefficient (Wildman–Crippen LogP) is 2.79. The van der Waals surface area contributed by atoms with Crippen molar-refractivity contribution in [3.8, 4) is 0 Å². The van der Waals surface area contributed by atoms with Crippen LogP contribution in [0.5, 0.6) is 0 Å². The van der Waals surface area contributed by atoms with Gasteiger partial charge in [-0.25, -0.2) is 0 Å². The van der Waals surface area contributed by atoms with Gasteiger partial charge in [-0.1, -0.05) is 0 Å². The lowest BCUT2D eigenvalue weighted by atomic mass is 9.56. The van der Waals surface area contributed by atoms with E-state index in [1.54, 1.807) is 0 Å². The zero-order valence-corrected chi connectivity index (χ0v) is 6.19. The Bertz CT molecular complexity index is 235. The molecule has 0 heteroatoms. The van der Waals surface area contributed by atoms with Crippen molar-refractivity contribution in [3.63, 3.8) is 0 Å². The lowest BCUT2D eigenvalue weighted by Crippen LogP contribution is -2.37. The van der Waals surface area contributed by atoms with Crippen LogP contribution in [0.1, 0.15) is 42.6 Å². The van der Waals surface area contributed by atoms with Crippen molar-refractivity contribution in [2.45, 2.75) is 38.5 Å². The van der Waals surface area contributed by atoms with Crippen LogP contribution < -0.4 is 0 Å². The minimum atomic E-state index is -1.28. The summed E-state index contributed by atoms with van der Waals surface area (Å²) in [7, 11) is 0. The molecular formula is C10H15. The summed E-state index contributed by atoms with van der Waals surface area (Å²) in [6.45, 7) is 0. The SMILES string of the molecule is [3H]C12CC3C[C](CC(C3)C1)C2([3H])[3H]. The Morgan fingerprint density at radius 3 is 2.50 bits per heavy atom. The maximum absolute atomic E-state index is 8.22. The molecule has 0 heterocycles. The average Bonchev–Trinajstić information content (AvgIpc) is 1.99. The Morgan fingerprint density at radius 2 is 1.90 bits per heavy atom. The maximum Gasteiger partial charge on any atom is 0.0303 e. The van der Waals surface area contributed by atoms with Gasteiger partial charge in [0.25, 0.3) is 0 Å². The zero-order chi connectivity index (χ0) is 9.27. The quantitative estimate of drug-likeness (QED) is 0.486. The molecule has 4 aliphatic rings.